The largest absolute Gasteiger partial charge is 0.364 e. The van der Waals surface area contributed by atoms with Crippen molar-refractivity contribution >= 4 is 5.69 Å². The van der Waals surface area contributed by atoms with Gasteiger partial charge in [0.2, 0.25) is 0 Å². The minimum Gasteiger partial charge on any atom is -0.364 e. The minimum absolute atomic E-state index is 0.0717. The van der Waals surface area contributed by atoms with E-state index in [-0.39, 0.29) is 12.1 Å². The summed E-state index contributed by atoms with van der Waals surface area (Å²) in [6.45, 7) is 4.91. The Morgan fingerprint density at radius 1 is 1.04 bits per heavy atom. The summed E-state index contributed by atoms with van der Waals surface area (Å²) in [5.41, 5.74) is 2.42. The fourth-order valence-electron chi connectivity index (χ4n) is 4.63. The number of hydrogen-bond acceptors (Lipinski definition) is 3. The molecule has 2 aromatic carbocycles. The first-order chi connectivity index (χ1) is 11.6. The number of rotatable bonds is 3. The Balaban J connectivity index is 1.72. The van der Waals surface area contributed by atoms with Crippen molar-refractivity contribution in [1.82, 2.24) is 0 Å². The fourth-order valence-corrected chi connectivity index (χ4v) is 4.63. The van der Waals surface area contributed by atoms with Crippen molar-refractivity contribution in [3.63, 3.8) is 0 Å². The molecule has 0 unspecified atom stereocenters. The average molecular weight is 323 g/mol. The topological polar surface area (TPSA) is 32.7 Å². The van der Waals surface area contributed by atoms with Crippen LogP contribution in [0, 0.1) is 11.8 Å². The van der Waals surface area contributed by atoms with E-state index in [1.807, 2.05) is 24.3 Å². The summed E-state index contributed by atoms with van der Waals surface area (Å²) < 4.78 is 6.16. The van der Waals surface area contributed by atoms with Crippen LogP contribution in [0.2, 0.25) is 0 Å². The highest BCUT2D eigenvalue weighted by Gasteiger charge is 2.57. The number of aliphatic hydroxyl groups is 1. The Hall–Kier alpha value is -1.84. The smallest absolute Gasteiger partial charge is 0.189 e. The molecule has 0 amide bonds. The molecule has 4 rings (SSSR count). The molecule has 2 aromatic rings. The van der Waals surface area contributed by atoms with E-state index >= 15 is 0 Å². The minimum atomic E-state index is -1.09. The number of ether oxygens (including phenoxy) is 1. The predicted octanol–water partition coefficient (Wildman–Crippen LogP) is 4.00. The standard InChI is InChI=1S/C21H25NO2/c1-15(2)20-18(16-9-5-3-6-10-16)13-19-22(14-21(20,23)24-19)17-11-7-4-8-12-17/h3-12,15,18-20,23H,13-14H2,1-2H3/t18-,19-,20+,21-/m0/s1. The van der Waals surface area contributed by atoms with E-state index in [0.717, 1.165) is 12.1 Å². The summed E-state index contributed by atoms with van der Waals surface area (Å²) >= 11 is 0. The van der Waals surface area contributed by atoms with Crippen LogP contribution in [-0.4, -0.2) is 23.7 Å². The number of anilines is 1. The summed E-state index contributed by atoms with van der Waals surface area (Å²) in [5.74, 6) is -0.349. The number of hydrogen-bond donors (Lipinski definition) is 1. The molecule has 2 bridgehead atoms. The van der Waals surface area contributed by atoms with Crippen molar-refractivity contribution in [2.45, 2.75) is 38.2 Å². The zero-order chi connectivity index (χ0) is 16.7. The molecule has 0 aliphatic carbocycles. The number of fused-ring (bicyclic) bond motifs is 2. The zero-order valence-corrected chi connectivity index (χ0v) is 14.3. The molecule has 0 aromatic heterocycles. The van der Waals surface area contributed by atoms with E-state index in [1.54, 1.807) is 0 Å². The molecule has 3 nitrogen and oxygen atoms in total. The number of para-hydroxylation sites is 1. The van der Waals surface area contributed by atoms with Gasteiger partial charge in [0.05, 0.1) is 6.54 Å². The summed E-state index contributed by atoms with van der Waals surface area (Å²) in [7, 11) is 0. The first-order valence-corrected chi connectivity index (χ1v) is 8.85. The third kappa shape index (κ3) is 2.52. The van der Waals surface area contributed by atoms with E-state index in [0.29, 0.717) is 18.4 Å². The van der Waals surface area contributed by atoms with E-state index < -0.39 is 5.79 Å². The van der Waals surface area contributed by atoms with Gasteiger partial charge in [-0.15, -0.1) is 0 Å². The SMILES string of the molecule is CC(C)[C@@H]1[C@H](c2ccccc2)C[C@@H]2O[C@@]1(O)CN2c1ccccc1. The highest BCUT2D eigenvalue weighted by Crippen LogP contribution is 2.51. The number of nitrogens with zero attached hydrogens (tertiary/aromatic N) is 1. The first kappa shape index (κ1) is 15.7. The van der Waals surface area contributed by atoms with Crippen molar-refractivity contribution in [1.29, 1.82) is 0 Å². The molecule has 2 heterocycles. The highest BCUT2D eigenvalue weighted by molar-refractivity contribution is 5.49. The lowest BCUT2D eigenvalue weighted by molar-refractivity contribution is -0.255. The van der Waals surface area contributed by atoms with Crippen molar-refractivity contribution < 1.29 is 9.84 Å². The van der Waals surface area contributed by atoms with Gasteiger partial charge in [-0.3, -0.25) is 0 Å². The van der Waals surface area contributed by atoms with Crippen molar-refractivity contribution in [3.05, 3.63) is 66.2 Å². The summed E-state index contributed by atoms with van der Waals surface area (Å²) in [6.07, 6.45) is 0.835. The lowest BCUT2D eigenvalue weighted by Crippen LogP contribution is -2.49. The van der Waals surface area contributed by atoms with Gasteiger partial charge in [0, 0.05) is 11.6 Å². The second-order valence-corrected chi connectivity index (χ2v) is 7.40. The van der Waals surface area contributed by atoms with Crippen LogP contribution in [-0.2, 0) is 4.74 Å². The van der Waals surface area contributed by atoms with Crippen LogP contribution in [0.5, 0.6) is 0 Å². The maximum absolute atomic E-state index is 11.4. The van der Waals surface area contributed by atoms with Crippen molar-refractivity contribution in [2.24, 2.45) is 11.8 Å². The Morgan fingerprint density at radius 3 is 2.29 bits per heavy atom. The van der Waals surface area contributed by atoms with E-state index in [2.05, 4.69) is 55.1 Å². The third-order valence-electron chi connectivity index (χ3n) is 5.53. The Bertz CT molecular complexity index is 687. The quantitative estimate of drug-likeness (QED) is 0.927. The third-order valence-corrected chi connectivity index (χ3v) is 5.53. The van der Waals surface area contributed by atoms with Gasteiger partial charge in [0.25, 0.3) is 0 Å². The molecule has 0 radical (unpaired) electrons. The van der Waals surface area contributed by atoms with Crippen LogP contribution in [0.1, 0.15) is 31.7 Å². The number of β-amino-alcohol motifs (C(OH)–C–C–N with tert-alkyl or cyclic N) is 1. The molecule has 2 saturated heterocycles. The Labute approximate surface area is 143 Å². The van der Waals surface area contributed by atoms with Gasteiger partial charge in [-0.1, -0.05) is 62.4 Å². The van der Waals surface area contributed by atoms with E-state index in [9.17, 15) is 5.11 Å². The lowest BCUT2D eigenvalue weighted by atomic mass is 9.72. The maximum Gasteiger partial charge on any atom is 0.189 e. The molecule has 3 heteroatoms. The van der Waals surface area contributed by atoms with Crippen molar-refractivity contribution in [2.75, 3.05) is 11.4 Å². The molecule has 1 N–H and O–H groups in total. The van der Waals surface area contributed by atoms with Crippen LogP contribution < -0.4 is 4.90 Å². The van der Waals surface area contributed by atoms with Crippen LogP contribution in [0.25, 0.3) is 0 Å². The van der Waals surface area contributed by atoms with Crippen LogP contribution in [0.3, 0.4) is 0 Å². The molecular formula is C21H25NO2. The summed E-state index contributed by atoms with van der Waals surface area (Å²) in [4.78, 5) is 2.22. The monoisotopic (exact) mass is 323 g/mol. The molecule has 0 saturated carbocycles. The second-order valence-electron chi connectivity index (χ2n) is 7.40. The van der Waals surface area contributed by atoms with Crippen LogP contribution >= 0.6 is 0 Å². The molecule has 0 spiro atoms. The van der Waals surface area contributed by atoms with Gasteiger partial charge in [-0.25, -0.2) is 0 Å². The van der Waals surface area contributed by atoms with Crippen LogP contribution in [0.4, 0.5) is 5.69 Å². The molecule has 126 valence electrons. The Morgan fingerprint density at radius 2 is 1.67 bits per heavy atom. The van der Waals surface area contributed by atoms with Gasteiger partial charge in [-0.2, -0.15) is 0 Å². The normalized spacial score (nSPS) is 32.3. The highest BCUT2D eigenvalue weighted by atomic mass is 16.7. The molecule has 2 fully saturated rings. The van der Waals surface area contributed by atoms with Crippen LogP contribution in [0.15, 0.2) is 60.7 Å². The molecule has 2 aliphatic rings. The van der Waals surface area contributed by atoms with Gasteiger partial charge in [0.15, 0.2) is 5.79 Å². The van der Waals surface area contributed by atoms with E-state index in [1.165, 1.54) is 5.56 Å². The molecule has 24 heavy (non-hydrogen) atoms. The Kier molecular flexibility index (Phi) is 3.86. The fraction of sp³-hybridized carbons (Fsp3) is 0.429. The molecule has 4 atom stereocenters. The lowest BCUT2D eigenvalue weighted by Gasteiger charge is -2.43. The van der Waals surface area contributed by atoms with Gasteiger partial charge >= 0.3 is 0 Å². The van der Waals surface area contributed by atoms with Gasteiger partial charge < -0.3 is 14.7 Å². The first-order valence-electron chi connectivity index (χ1n) is 8.85. The predicted molar refractivity (Wildman–Crippen MR) is 95.7 cm³/mol. The van der Waals surface area contributed by atoms with Crippen molar-refractivity contribution in [3.8, 4) is 0 Å². The average Bonchev–Trinajstić information content (AvgIpc) is 2.86. The summed E-state index contributed by atoms with van der Waals surface area (Å²) in [6, 6.07) is 20.9. The van der Waals surface area contributed by atoms with Gasteiger partial charge in [0.1, 0.15) is 6.23 Å². The summed E-state index contributed by atoms with van der Waals surface area (Å²) in [5, 5.41) is 11.4. The van der Waals surface area contributed by atoms with Gasteiger partial charge in [-0.05, 0) is 36.0 Å². The molecule has 2 aliphatic heterocycles. The molecular weight excluding hydrogens is 298 g/mol. The maximum atomic E-state index is 11.4. The second kappa shape index (κ2) is 5.91. The zero-order valence-electron chi connectivity index (χ0n) is 14.3. The van der Waals surface area contributed by atoms with E-state index in [4.69, 9.17) is 4.74 Å². The number of benzene rings is 2.